The van der Waals surface area contributed by atoms with Crippen molar-refractivity contribution in [2.45, 2.75) is 90.3 Å². The number of carbonyl (C=O) groups is 1. The highest BCUT2D eigenvalue weighted by Crippen LogP contribution is 2.28. The minimum absolute atomic E-state index is 0.180. The molecule has 4 nitrogen and oxygen atoms in total. The zero-order valence-corrected chi connectivity index (χ0v) is 15.1. The second kappa shape index (κ2) is 10.8. The number of nitrogens with one attached hydrogen (secondary N) is 1. The van der Waals surface area contributed by atoms with Crippen molar-refractivity contribution in [3.8, 4) is 0 Å². The van der Waals surface area contributed by atoms with Gasteiger partial charge in [-0.2, -0.15) is 0 Å². The van der Waals surface area contributed by atoms with Crippen LogP contribution in [0.1, 0.15) is 72.1 Å². The predicted molar refractivity (Wildman–Crippen MR) is 96.0 cm³/mol. The summed E-state index contributed by atoms with van der Waals surface area (Å²) in [5.41, 5.74) is 5.85. The predicted octanol–water partition coefficient (Wildman–Crippen LogP) is 3.14. The highest BCUT2D eigenvalue weighted by atomic mass is 16.3. The largest absolute Gasteiger partial charge is 0.391 e. The molecule has 1 aliphatic carbocycles. The second-order valence-electron chi connectivity index (χ2n) is 7.44. The maximum absolute atomic E-state index is 12.2. The van der Waals surface area contributed by atoms with Crippen LogP contribution in [0.15, 0.2) is 12.2 Å². The van der Waals surface area contributed by atoms with E-state index in [1.165, 1.54) is 32.1 Å². The lowest BCUT2D eigenvalue weighted by Gasteiger charge is -2.31. The summed E-state index contributed by atoms with van der Waals surface area (Å²) in [4.78, 5) is 12.2. The molecule has 0 spiro atoms. The van der Waals surface area contributed by atoms with Crippen LogP contribution < -0.4 is 11.1 Å². The maximum atomic E-state index is 12.2. The van der Waals surface area contributed by atoms with Gasteiger partial charge in [-0.05, 0) is 38.0 Å². The van der Waals surface area contributed by atoms with Gasteiger partial charge in [0.05, 0.1) is 12.1 Å². The van der Waals surface area contributed by atoms with E-state index in [0.717, 1.165) is 19.3 Å². The van der Waals surface area contributed by atoms with Crippen molar-refractivity contribution in [3.05, 3.63) is 12.2 Å². The van der Waals surface area contributed by atoms with E-state index in [-0.39, 0.29) is 11.9 Å². The van der Waals surface area contributed by atoms with Crippen LogP contribution in [-0.2, 0) is 4.79 Å². The Hall–Kier alpha value is -0.870. The normalized spacial score (nSPS) is 20.6. The third-order valence-electron chi connectivity index (χ3n) is 4.85. The van der Waals surface area contributed by atoms with Gasteiger partial charge >= 0.3 is 0 Å². The molecule has 1 rings (SSSR count). The van der Waals surface area contributed by atoms with E-state index < -0.39 is 12.1 Å². The summed E-state index contributed by atoms with van der Waals surface area (Å²) in [6.45, 7) is 6.16. The summed E-state index contributed by atoms with van der Waals surface area (Å²) < 4.78 is 0. The molecule has 1 saturated carbocycles. The summed E-state index contributed by atoms with van der Waals surface area (Å²) in [5.74, 6) is 0.981. The number of carbonyl (C=O) groups excluding carboxylic acids is 1. The molecule has 1 aliphatic rings. The van der Waals surface area contributed by atoms with Crippen molar-refractivity contribution >= 4 is 5.91 Å². The number of hydrogen-bond donors (Lipinski definition) is 3. The summed E-state index contributed by atoms with van der Waals surface area (Å²) in [7, 11) is 0. The highest BCUT2D eigenvalue weighted by Gasteiger charge is 2.27. The van der Waals surface area contributed by atoms with Crippen molar-refractivity contribution < 1.29 is 9.90 Å². The quantitative estimate of drug-likeness (QED) is 0.570. The van der Waals surface area contributed by atoms with Crippen LogP contribution in [0, 0.1) is 11.8 Å². The second-order valence-corrected chi connectivity index (χ2v) is 7.44. The van der Waals surface area contributed by atoms with Gasteiger partial charge in [-0.25, -0.2) is 0 Å². The Morgan fingerprint density at radius 1 is 1.26 bits per heavy atom. The molecule has 1 fully saturated rings. The summed E-state index contributed by atoms with van der Waals surface area (Å²) in [6, 6.07) is -0.813. The standard InChI is InChI=1S/C19H36N2O2/c1-4-8-16(20)19(23)21-17(18(22)12-11-14(2)3)13-15-9-6-5-7-10-15/h4,8,14-18,22H,5-7,9-13,20H2,1-3H3,(H,21,23)/b8-4+/t16-,17?,18-/m0/s1. The lowest BCUT2D eigenvalue weighted by atomic mass is 9.83. The minimum Gasteiger partial charge on any atom is -0.391 e. The molecule has 134 valence electrons. The average molecular weight is 325 g/mol. The molecule has 1 amide bonds. The number of allylic oxidation sites excluding steroid dienone is 1. The summed E-state index contributed by atoms with van der Waals surface area (Å²) >= 11 is 0. The lowest BCUT2D eigenvalue weighted by Crippen LogP contribution is -2.50. The van der Waals surface area contributed by atoms with E-state index in [2.05, 4.69) is 19.2 Å². The van der Waals surface area contributed by atoms with Crippen LogP contribution in [0.4, 0.5) is 0 Å². The van der Waals surface area contributed by atoms with Crippen LogP contribution in [0.5, 0.6) is 0 Å². The monoisotopic (exact) mass is 324 g/mol. The zero-order chi connectivity index (χ0) is 17.2. The molecule has 0 bridgehead atoms. The van der Waals surface area contributed by atoms with E-state index in [9.17, 15) is 9.90 Å². The Morgan fingerprint density at radius 3 is 2.48 bits per heavy atom. The van der Waals surface area contributed by atoms with Crippen molar-refractivity contribution in [3.63, 3.8) is 0 Å². The molecule has 0 aromatic carbocycles. The molecule has 23 heavy (non-hydrogen) atoms. The van der Waals surface area contributed by atoms with Gasteiger partial charge in [-0.1, -0.05) is 58.1 Å². The minimum atomic E-state index is -0.633. The Morgan fingerprint density at radius 2 is 1.91 bits per heavy atom. The van der Waals surface area contributed by atoms with E-state index in [0.29, 0.717) is 11.8 Å². The van der Waals surface area contributed by atoms with E-state index >= 15 is 0 Å². The first-order valence-electron chi connectivity index (χ1n) is 9.30. The van der Waals surface area contributed by atoms with Crippen molar-refractivity contribution in [1.82, 2.24) is 5.32 Å². The number of hydrogen-bond acceptors (Lipinski definition) is 3. The van der Waals surface area contributed by atoms with Crippen molar-refractivity contribution in [1.29, 1.82) is 0 Å². The first-order chi connectivity index (χ1) is 10.9. The van der Waals surface area contributed by atoms with Crippen LogP contribution in [0.2, 0.25) is 0 Å². The fraction of sp³-hybridized carbons (Fsp3) is 0.842. The van der Waals surface area contributed by atoms with Gasteiger partial charge in [0.15, 0.2) is 0 Å². The Balaban J connectivity index is 2.63. The van der Waals surface area contributed by atoms with Gasteiger partial charge in [0.1, 0.15) is 6.04 Å². The molecule has 0 heterocycles. The number of rotatable bonds is 9. The smallest absolute Gasteiger partial charge is 0.241 e. The third-order valence-corrected chi connectivity index (χ3v) is 4.85. The van der Waals surface area contributed by atoms with Crippen LogP contribution in [0.25, 0.3) is 0 Å². The molecule has 4 N–H and O–H groups in total. The molecular weight excluding hydrogens is 288 g/mol. The first kappa shape index (κ1) is 20.2. The number of aliphatic hydroxyl groups excluding tert-OH is 1. The van der Waals surface area contributed by atoms with Crippen LogP contribution in [-0.4, -0.2) is 29.2 Å². The first-order valence-corrected chi connectivity index (χ1v) is 9.30. The number of aliphatic hydroxyl groups is 1. The van der Waals surface area contributed by atoms with Gasteiger partial charge in [0.2, 0.25) is 5.91 Å². The molecule has 0 aromatic rings. The molecule has 4 heteroatoms. The number of amides is 1. The van der Waals surface area contributed by atoms with Gasteiger partial charge in [0.25, 0.3) is 0 Å². The molecule has 0 radical (unpaired) electrons. The van der Waals surface area contributed by atoms with E-state index in [1.54, 1.807) is 12.2 Å². The molecule has 0 aliphatic heterocycles. The topological polar surface area (TPSA) is 75.4 Å². The molecule has 1 unspecified atom stereocenters. The van der Waals surface area contributed by atoms with Crippen LogP contribution >= 0.6 is 0 Å². The molecule has 0 aromatic heterocycles. The lowest BCUT2D eigenvalue weighted by molar-refractivity contribution is -0.123. The fourth-order valence-corrected chi connectivity index (χ4v) is 3.37. The SMILES string of the molecule is C/C=C/[C@H](N)C(=O)NC(CC1CCCCC1)[C@@H](O)CCC(C)C. The van der Waals surface area contributed by atoms with Gasteiger partial charge < -0.3 is 16.2 Å². The Kier molecular flexibility index (Phi) is 9.49. The summed E-state index contributed by atoms with van der Waals surface area (Å²) in [5, 5.41) is 13.6. The molecule has 0 saturated heterocycles. The third kappa shape index (κ3) is 7.98. The molecular formula is C19H36N2O2. The van der Waals surface area contributed by atoms with Crippen molar-refractivity contribution in [2.75, 3.05) is 0 Å². The van der Waals surface area contributed by atoms with Gasteiger partial charge in [-0.15, -0.1) is 0 Å². The van der Waals surface area contributed by atoms with Gasteiger partial charge in [0, 0.05) is 0 Å². The zero-order valence-electron chi connectivity index (χ0n) is 15.1. The average Bonchev–Trinajstić information content (AvgIpc) is 2.53. The van der Waals surface area contributed by atoms with Gasteiger partial charge in [-0.3, -0.25) is 4.79 Å². The molecule has 3 atom stereocenters. The summed E-state index contributed by atoms with van der Waals surface area (Å²) in [6.07, 6.45) is 11.8. The van der Waals surface area contributed by atoms with Crippen molar-refractivity contribution in [2.24, 2.45) is 17.6 Å². The Bertz CT molecular complexity index is 362. The fourth-order valence-electron chi connectivity index (χ4n) is 3.37. The Labute approximate surface area is 141 Å². The van der Waals surface area contributed by atoms with Crippen LogP contribution in [0.3, 0.4) is 0 Å². The number of nitrogens with two attached hydrogens (primary N) is 1. The van der Waals surface area contributed by atoms with E-state index in [4.69, 9.17) is 5.73 Å². The maximum Gasteiger partial charge on any atom is 0.241 e. The van der Waals surface area contributed by atoms with E-state index in [1.807, 2.05) is 6.92 Å². The highest BCUT2D eigenvalue weighted by molar-refractivity contribution is 5.83.